The summed E-state index contributed by atoms with van der Waals surface area (Å²) in [6.45, 7) is 7.00. The summed E-state index contributed by atoms with van der Waals surface area (Å²) in [6.07, 6.45) is -3.27. The summed E-state index contributed by atoms with van der Waals surface area (Å²) >= 11 is 0. The topological polar surface area (TPSA) is 69.6 Å². The number of nitrogens with one attached hydrogen (secondary N) is 1. The third-order valence-electron chi connectivity index (χ3n) is 5.50. The molecule has 9 heteroatoms. The molecule has 1 unspecified atom stereocenters. The summed E-state index contributed by atoms with van der Waals surface area (Å²) in [7, 11) is 1.23. The first-order valence-corrected chi connectivity index (χ1v) is 10.7. The van der Waals surface area contributed by atoms with Gasteiger partial charge in [0, 0.05) is 11.6 Å². The fraction of sp³-hybridized carbons (Fsp3) is 0.360. The largest absolute Gasteiger partial charge is 0.467 e. The Morgan fingerprint density at radius 2 is 1.59 bits per heavy atom. The summed E-state index contributed by atoms with van der Waals surface area (Å²) < 4.78 is 51.4. The van der Waals surface area contributed by atoms with E-state index in [1.54, 1.807) is 62.7 Å². The predicted octanol–water partition coefficient (Wildman–Crippen LogP) is 6.33. The standard InChI is InChI=1S/C25H27F3N2O4/c1-6-24(21(31)33-5,16-10-12-17(13-11-16)25(26,27)28)30-15-14-18-19(8-7-9-20(18)30)29-22(32)34-23(2,3)4/h7-15H,6H2,1-5H3,(H,29,32). The van der Waals surface area contributed by atoms with Gasteiger partial charge in [0.2, 0.25) is 0 Å². The Morgan fingerprint density at radius 1 is 0.971 bits per heavy atom. The zero-order valence-corrected chi connectivity index (χ0v) is 19.6. The van der Waals surface area contributed by atoms with Crippen LogP contribution in [-0.4, -0.2) is 29.3 Å². The highest BCUT2D eigenvalue weighted by Crippen LogP contribution is 2.38. The van der Waals surface area contributed by atoms with Gasteiger partial charge in [-0.2, -0.15) is 13.2 Å². The minimum Gasteiger partial charge on any atom is -0.467 e. The van der Waals surface area contributed by atoms with Gasteiger partial charge in [-0.15, -0.1) is 0 Å². The van der Waals surface area contributed by atoms with E-state index in [0.717, 1.165) is 12.1 Å². The lowest BCUT2D eigenvalue weighted by Gasteiger charge is -2.33. The number of esters is 1. The maximum Gasteiger partial charge on any atom is 0.416 e. The summed E-state index contributed by atoms with van der Waals surface area (Å²) in [6, 6.07) is 11.4. The molecule has 0 saturated carbocycles. The van der Waals surface area contributed by atoms with Crippen LogP contribution in [0.2, 0.25) is 0 Å². The number of ether oxygens (including phenoxy) is 2. The number of halogens is 3. The van der Waals surface area contributed by atoms with Crippen molar-refractivity contribution in [3.05, 3.63) is 65.9 Å². The third-order valence-corrected chi connectivity index (χ3v) is 5.50. The van der Waals surface area contributed by atoms with E-state index in [0.29, 0.717) is 22.2 Å². The van der Waals surface area contributed by atoms with E-state index in [1.165, 1.54) is 19.2 Å². The van der Waals surface area contributed by atoms with Gasteiger partial charge in [0.1, 0.15) is 5.60 Å². The molecule has 0 aliphatic rings. The van der Waals surface area contributed by atoms with E-state index in [-0.39, 0.29) is 6.42 Å². The van der Waals surface area contributed by atoms with Crippen LogP contribution < -0.4 is 5.32 Å². The molecule has 3 rings (SSSR count). The second-order valence-electron chi connectivity index (χ2n) is 8.83. The monoisotopic (exact) mass is 476 g/mol. The van der Waals surface area contributed by atoms with Crippen molar-refractivity contribution in [2.45, 2.75) is 51.4 Å². The first-order valence-electron chi connectivity index (χ1n) is 10.7. The average molecular weight is 476 g/mol. The van der Waals surface area contributed by atoms with Gasteiger partial charge in [0.15, 0.2) is 5.54 Å². The number of amides is 1. The molecule has 0 fully saturated rings. The molecule has 0 aliphatic heterocycles. The van der Waals surface area contributed by atoms with E-state index in [2.05, 4.69) is 5.32 Å². The molecule has 1 amide bonds. The molecule has 0 aliphatic carbocycles. The summed E-state index contributed by atoms with van der Waals surface area (Å²) in [5, 5.41) is 3.34. The zero-order valence-electron chi connectivity index (χ0n) is 19.6. The van der Waals surface area contributed by atoms with Gasteiger partial charge in [0.05, 0.1) is 23.9 Å². The van der Waals surface area contributed by atoms with Gasteiger partial charge in [0.25, 0.3) is 0 Å². The van der Waals surface area contributed by atoms with Crippen LogP contribution in [0.1, 0.15) is 45.2 Å². The number of carbonyl (C=O) groups excluding carboxylic acids is 2. The Balaban J connectivity index is 2.15. The fourth-order valence-electron chi connectivity index (χ4n) is 4.00. The van der Waals surface area contributed by atoms with Crippen LogP contribution in [-0.2, 0) is 26.0 Å². The lowest BCUT2D eigenvalue weighted by atomic mass is 9.86. The molecular weight excluding hydrogens is 449 g/mol. The van der Waals surface area contributed by atoms with Crippen molar-refractivity contribution in [2.75, 3.05) is 12.4 Å². The maximum absolute atomic E-state index is 13.2. The van der Waals surface area contributed by atoms with Crippen molar-refractivity contribution < 1.29 is 32.2 Å². The molecule has 1 heterocycles. The van der Waals surface area contributed by atoms with Gasteiger partial charge in [-0.05, 0) is 63.1 Å². The number of rotatable bonds is 5. The molecule has 1 N–H and O–H groups in total. The molecule has 34 heavy (non-hydrogen) atoms. The molecule has 0 bridgehead atoms. The van der Waals surface area contributed by atoms with Crippen molar-refractivity contribution in [3.63, 3.8) is 0 Å². The van der Waals surface area contributed by atoms with Gasteiger partial charge < -0.3 is 14.0 Å². The molecular formula is C25H27F3N2O4. The minimum absolute atomic E-state index is 0.207. The van der Waals surface area contributed by atoms with Gasteiger partial charge in [-0.1, -0.05) is 25.1 Å². The number of hydrogen-bond acceptors (Lipinski definition) is 4. The van der Waals surface area contributed by atoms with Crippen LogP contribution in [0.5, 0.6) is 0 Å². The molecule has 6 nitrogen and oxygen atoms in total. The number of aromatic nitrogens is 1. The van der Waals surface area contributed by atoms with Gasteiger partial charge in [-0.25, -0.2) is 9.59 Å². The Kier molecular flexibility index (Phi) is 6.68. The highest BCUT2D eigenvalue weighted by molar-refractivity contribution is 6.00. The quantitative estimate of drug-likeness (QED) is 0.437. The van der Waals surface area contributed by atoms with E-state index >= 15 is 0 Å². The van der Waals surface area contributed by atoms with Crippen LogP contribution in [0.15, 0.2) is 54.7 Å². The van der Waals surface area contributed by atoms with Crippen LogP contribution in [0.3, 0.4) is 0 Å². The number of methoxy groups -OCH3 is 1. The number of benzene rings is 2. The first-order chi connectivity index (χ1) is 15.8. The Hall–Kier alpha value is -3.49. The molecule has 3 aromatic rings. The second kappa shape index (κ2) is 9.04. The Morgan fingerprint density at radius 3 is 2.12 bits per heavy atom. The molecule has 182 valence electrons. The van der Waals surface area contributed by atoms with Crippen molar-refractivity contribution in [2.24, 2.45) is 0 Å². The molecule has 0 radical (unpaired) electrons. The number of alkyl halides is 3. The number of anilines is 1. The van der Waals surface area contributed by atoms with Gasteiger partial charge >= 0.3 is 18.2 Å². The Labute approximate surface area is 195 Å². The van der Waals surface area contributed by atoms with Crippen LogP contribution in [0.25, 0.3) is 10.9 Å². The highest BCUT2D eigenvalue weighted by atomic mass is 19.4. The highest BCUT2D eigenvalue weighted by Gasteiger charge is 2.43. The van der Waals surface area contributed by atoms with Crippen molar-refractivity contribution in [1.82, 2.24) is 4.57 Å². The van der Waals surface area contributed by atoms with Crippen molar-refractivity contribution in [3.8, 4) is 0 Å². The second-order valence-corrected chi connectivity index (χ2v) is 8.83. The average Bonchev–Trinajstić information content (AvgIpc) is 3.18. The lowest BCUT2D eigenvalue weighted by Crippen LogP contribution is -2.43. The molecule has 0 saturated heterocycles. The number of carbonyl (C=O) groups is 2. The van der Waals surface area contributed by atoms with E-state index in [4.69, 9.17) is 9.47 Å². The maximum atomic E-state index is 13.2. The summed E-state index contributed by atoms with van der Waals surface area (Å²) in [5.74, 6) is -0.627. The first kappa shape index (κ1) is 25.1. The van der Waals surface area contributed by atoms with E-state index < -0.39 is 34.9 Å². The summed E-state index contributed by atoms with van der Waals surface area (Å²) in [4.78, 5) is 25.5. The lowest BCUT2D eigenvalue weighted by molar-refractivity contribution is -0.149. The SMILES string of the molecule is CCC(C(=O)OC)(c1ccc(C(F)(F)F)cc1)n1ccc2c(NC(=O)OC(C)(C)C)cccc21. The molecule has 1 aromatic heterocycles. The number of nitrogens with zero attached hydrogens (tertiary/aromatic N) is 1. The normalized spacial score (nSPS) is 13.9. The molecule has 1 atom stereocenters. The smallest absolute Gasteiger partial charge is 0.416 e. The van der Waals surface area contributed by atoms with Crippen LogP contribution >= 0.6 is 0 Å². The molecule has 0 spiro atoms. The van der Waals surface area contributed by atoms with Crippen LogP contribution in [0, 0.1) is 0 Å². The van der Waals surface area contributed by atoms with Gasteiger partial charge in [-0.3, -0.25) is 5.32 Å². The zero-order chi connectivity index (χ0) is 25.3. The summed E-state index contributed by atoms with van der Waals surface area (Å²) in [5.41, 5.74) is -1.53. The predicted molar refractivity (Wildman–Crippen MR) is 123 cm³/mol. The number of fused-ring (bicyclic) bond motifs is 1. The van der Waals surface area contributed by atoms with E-state index in [1.807, 2.05) is 0 Å². The fourth-order valence-corrected chi connectivity index (χ4v) is 4.00. The number of hydrogen-bond donors (Lipinski definition) is 1. The molecule has 2 aromatic carbocycles. The minimum atomic E-state index is -4.50. The van der Waals surface area contributed by atoms with Crippen molar-refractivity contribution in [1.29, 1.82) is 0 Å². The third kappa shape index (κ3) is 4.73. The Bertz CT molecular complexity index is 1190. The van der Waals surface area contributed by atoms with Crippen LogP contribution in [0.4, 0.5) is 23.7 Å². The van der Waals surface area contributed by atoms with Crippen molar-refractivity contribution >= 4 is 28.7 Å². The van der Waals surface area contributed by atoms with E-state index in [9.17, 15) is 22.8 Å².